The zero-order chi connectivity index (χ0) is 12.4. The van der Waals surface area contributed by atoms with E-state index in [4.69, 9.17) is 9.52 Å². The van der Waals surface area contributed by atoms with E-state index in [0.717, 1.165) is 9.88 Å². The number of carboxylic acid groups (broad SMARTS) is 1. The van der Waals surface area contributed by atoms with Gasteiger partial charge in [0.05, 0.1) is 17.7 Å². The average molecular weight is 251 g/mol. The van der Waals surface area contributed by atoms with Gasteiger partial charge in [-0.15, -0.1) is 11.3 Å². The zero-order valence-electron chi connectivity index (χ0n) is 9.64. The first kappa shape index (κ1) is 11.9. The highest BCUT2D eigenvalue weighted by Crippen LogP contribution is 2.32. The molecule has 0 aliphatic rings. The maximum absolute atomic E-state index is 10.8. The van der Waals surface area contributed by atoms with Crippen molar-refractivity contribution < 1.29 is 14.3 Å². The number of rotatable bonds is 4. The lowest BCUT2D eigenvalue weighted by Crippen LogP contribution is -1.99. The van der Waals surface area contributed by atoms with Crippen molar-refractivity contribution in [2.24, 2.45) is 0 Å². The number of aliphatic carboxylic acids is 1. The highest BCUT2D eigenvalue weighted by molar-refractivity contribution is 7.12. The molecule has 2 aromatic heterocycles. The van der Waals surface area contributed by atoms with Gasteiger partial charge in [0, 0.05) is 10.8 Å². The SMILES string of the molecule is CC(C)c1nc(-c2ccco2)c(CC(=O)O)s1. The van der Waals surface area contributed by atoms with Crippen LogP contribution in [0.25, 0.3) is 11.5 Å². The largest absolute Gasteiger partial charge is 0.481 e. The van der Waals surface area contributed by atoms with Crippen molar-refractivity contribution in [2.45, 2.75) is 26.2 Å². The molecular formula is C12H13NO3S. The first-order valence-corrected chi connectivity index (χ1v) is 6.15. The van der Waals surface area contributed by atoms with Crippen LogP contribution in [-0.4, -0.2) is 16.1 Å². The molecule has 0 bridgehead atoms. The van der Waals surface area contributed by atoms with Crippen LogP contribution in [0.3, 0.4) is 0 Å². The molecule has 4 nitrogen and oxygen atoms in total. The third-order valence-electron chi connectivity index (χ3n) is 2.27. The Morgan fingerprint density at radius 2 is 2.35 bits per heavy atom. The molecule has 0 saturated heterocycles. The maximum atomic E-state index is 10.8. The summed E-state index contributed by atoms with van der Waals surface area (Å²) >= 11 is 1.44. The van der Waals surface area contributed by atoms with E-state index in [-0.39, 0.29) is 12.3 Å². The molecule has 17 heavy (non-hydrogen) atoms. The first-order chi connectivity index (χ1) is 8.08. The summed E-state index contributed by atoms with van der Waals surface area (Å²) in [4.78, 5) is 16.0. The number of aromatic nitrogens is 1. The van der Waals surface area contributed by atoms with Gasteiger partial charge in [-0.2, -0.15) is 0 Å². The highest BCUT2D eigenvalue weighted by Gasteiger charge is 2.18. The van der Waals surface area contributed by atoms with Crippen molar-refractivity contribution in [2.75, 3.05) is 0 Å². The van der Waals surface area contributed by atoms with Crippen molar-refractivity contribution in [1.82, 2.24) is 4.98 Å². The van der Waals surface area contributed by atoms with Gasteiger partial charge in [-0.05, 0) is 12.1 Å². The van der Waals surface area contributed by atoms with E-state index >= 15 is 0 Å². The minimum Gasteiger partial charge on any atom is -0.481 e. The number of carboxylic acids is 1. The second kappa shape index (κ2) is 4.71. The van der Waals surface area contributed by atoms with Gasteiger partial charge >= 0.3 is 5.97 Å². The molecule has 90 valence electrons. The van der Waals surface area contributed by atoms with Crippen molar-refractivity contribution in [3.05, 3.63) is 28.3 Å². The molecule has 0 radical (unpaired) electrons. The monoisotopic (exact) mass is 251 g/mol. The molecule has 2 rings (SSSR count). The maximum Gasteiger partial charge on any atom is 0.308 e. The Labute approximate surface area is 103 Å². The molecule has 2 aromatic rings. The summed E-state index contributed by atoms with van der Waals surface area (Å²) in [5.41, 5.74) is 0.658. The predicted molar refractivity (Wildman–Crippen MR) is 65.2 cm³/mol. The van der Waals surface area contributed by atoms with Gasteiger partial charge in [-0.25, -0.2) is 4.98 Å². The van der Waals surface area contributed by atoms with Crippen molar-refractivity contribution >= 4 is 17.3 Å². The fourth-order valence-electron chi connectivity index (χ4n) is 1.48. The summed E-state index contributed by atoms with van der Waals surface area (Å²) in [7, 11) is 0. The third kappa shape index (κ3) is 2.55. The van der Waals surface area contributed by atoms with Gasteiger partial charge < -0.3 is 9.52 Å². The summed E-state index contributed by atoms with van der Waals surface area (Å²) in [5, 5.41) is 9.82. The average Bonchev–Trinajstić information content (AvgIpc) is 2.83. The quantitative estimate of drug-likeness (QED) is 0.906. The summed E-state index contributed by atoms with van der Waals surface area (Å²) in [6.07, 6.45) is 1.55. The number of thiazole rings is 1. The molecule has 0 unspecified atom stereocenters. The summed E-state index contributed by atoms with van der Waals surface area (Å²) in [5.74, 6) is 0.0671. The summed E-state index contributed by atoms with van der Waals surface area (Å²) in [6.45, 7) is 4.07. The molecule has 1 N–H and O–H groups in total. The lowest BCUT2D eigenvalue weighted by molar-refractivity contribution is -0.136. The summed E-state index contributed by atoms with van der Waals surface area (Å²) in [6, 6.07) is 3.57. The number of nitrogens with zero attached hydrogens (tertiary/aromatic N) is 1. The van der Waals surface area contributed by atoms with Gasteiger partial charge in [-0.1, -0.05) is 13.8 Å². The van der Waals surface area contributed by atoms with E-state index in [2.05, 4.69) is 4.98 Å². The molecule has 0 fully saturated rings. The van der Waals surface area contributed by atoms with E-state index in [1.165, 1.54) is 11.3 Å². The normalized spacial score (nSPS) is 11.0. The molecule has 0 amide bonds. The fourth-order valence-corrected chi connectivity index (χ4v) is 2.54. The Kier molecular flexibility index (Phi) is 3.28. The number of carbonyl (C=O) groups is 1. The van der Waals surface area contributed by atoms with E-state index in [9.17, 15) is 4.79 Å². The van der Waals surface area contributed by atoms with Crippen LogP contribution in [0.15, 0.2) is 22.8 Å². The molecule has 0 aliphatic carbocycles. The van der Waals surface area contributed by atoms with Crippen LogP contribution < -0.4 is 0 Å². The van der Waals surface area contributed by atoms with E-state index in [1.54, 1.807) is 18.4 Å². The first-order valence-electron chi connectivity index (χ1n) is 5.33. The topological polar surface area (TPSA) is 63.3 Å². The van der Waals surface area contributed by atoms with Crippen molar-refractivity contribution in [1.29, 1.82) is 0 Å². The molecule has 0 aromatic carbocycles. The van der Waals surface area contributed by atoms with E-state index in [0.29, 0.717) is 11.5 Å². The van der Waals surface area contributed by atoms with Gasteiger partial charge in [0.25, 0.3) is 0 Å². The lowest BCUT2D eigenvalue weighted by Gasteiger charge is -1.95. The van der Waals surface area contributed by atoms with Crippen LogP contribution in [-0.2, 0) is 11.2 Å². The van der Waals surface area contributed by atoms with Gasteiger partial charge in [0.15, 0.2) is 5.76 Å². The second-order valence-electron chi connectivity index (χ2n) is 4.03. The van der Waals surface area contributed by atoms with Crippen LogP contribution in [0.1, 0.15) is 29.7 Å². The van der Waals surface area contributed by atoms with Crippen molar-refractivity contribution in [3.8, 4) is 11.5 Å². The molecule has 0 spiro atoms. The van der Waals surface area contributed by atoms with Gasteiger partial charge in [-0.3, -0.25) is 4.79 Å². The molecule has 5 heteroatoms. The van der Waals surface area contributed by atoms with E-state index < -0.39 is 5.97 Å². The minimum absolute atomic E-state index is 0.0135. The fraction of sp³-hybridized carbons (Fsp3) is 0.333. The number of hydrogen-bond donors (Lipinski definition) is 1. The van der Waals surface area contributed by atoms with E-state index in [1.807, 2.05) is 13.8 Å². The molecule has 0 atom stereocenters. The molecule has 0 aliphatic heterocycles. The Hall–Kier alpha value is -1.62. The van der Waals surface area contributed by atoms with Crippen molar-refractivity contribution in [3.63, 3.8) is 0 Å². The number of hydrogen-bond acceptors (Lipinski definition) is 4. The number of furan rings is 1. The van der Waals surface area contributed by atoms with Crippen LogP contribution in [0.4, 0.5) is 0 Å². The Morgan fingerprint density at radius 1 is 1.59 bits per heavy atom. The minimum atomic E-state index is -0.850. The molecule has 0 saturated carbocycles. The Balaban J connectivity index is 2.44. The molecule has 2 heterocycles. The van der Waals surface area contributed by atoms with Gasteiger partial charge in [0.1, 0.15) is 5.69 Å². The third-order valence-corrected chi connectivity index (χ3v) is 3.63. The smallest absolute Gasteiger partial charge is 0.308 e. The Bertz CT molecular complexity index is 514. The Morgan fingerprint density at radius 3 is 2.88 bits per heavy atom. The molecular weight excluding hydrogens is 238 g/mol. The zero-order valence-corrected chi connectivity index (χ0v) is 10.5. The summed E-state index contributed by atoms with van der Waals surface area (Å²) < 4.78 is 5.29. The highest BCUT2D eigenvalue weighted by atomic mass is 32.1. The van der Waals surface area contributed by atoms with Crippen LogP contribution in [0, 0.1) is 0 Å². The lowest BCUT2D eigenvalue weighted by atomic mass is 10.2. The van der Waals surface area contributed by atoms with Crippen LogP contribution in [0.5, 0.6) is 0 Å². The van der Waals surface area contributed by atoms with Gasteiger partial charge in [0.2, 0.25) is 0 Å². The van der Waals surface area contributed by atoms with Crippen LogP contribution in [0.2, 0.25) is 0 Å². The van der Waals surface area contributed by atoms with Crippen LogP contribution >= 0.6 is 11.3 Å². The second-order valence-corrected chi connectivity index (χ2v) is 5.14. The predicted octanol–water partition coefficient (Wildman–Crippen LogP) is 3.15. The standard InChI is InChI=1S/C12H13NO3S/c1-7(2)12-13-11(8-4-3-5-16-8)9(17-12)6-10(14)15/h3-5,7H,6H2,1-2H3,(H,14,15).